The lowest BCUT2D eigenvalue weighted by atomic mass is 10.2. The minimum absolute atomic E-state index is 0.316. The quantitative estimate of drug-likeness (QED) is 0.568. The Labute approximate surface area is 108 Å². The van der Waals surface area contributed by atoms with Crippen molar-refractivity contribution in [1.29, 1.82) is 0 Å². The van der Waals surface area contributed by atoms with E-state index in [0.29, 0.717) is 18.0 Å². The number of H-pyrrole nitrogens is 1. The first-order valence-electron chi connectivity index (χ1n) is 5.73. The van der Waals surface area contributed by atoms with Crippen LogP contribution in [0.2, 0.25) is 0 Å². The first-order valence-corrected chi connectivity index (χ1v) is 5.73. The zero-order chi connectivity index (χ0) is 13.1. The van der Waals surface area contributed by atoms with Crippen molar-refractivity contribution >= 4 is 5.65 Å². The molecular weight excluding hydrogens is 246 g/mol. The number of pyridine rings is 1. The van der Waals surface area contributed by atoms with Crippen molar-refractivity contribution in [2.24, 2.45) is 0 Å². The third-order valence-corrected chi connectivity index (χ3v) is 2.61. The van der Waals surface area contributed by atoms with Gasteiger partial charge in [0.05, 0.1) is 6.20 Å². The molecule has 2 heterocycles. The van der Waals surface area contributed by atoms with Gasteiger partial charge in [0.1, 0.15) is 6.61 Å². The van der Waals surface area contributed by atoms with Crippen molar-refractivity contribution in [3.63, 3.8) is 0 Å². The molecule has 0 aliphatic rings. The van der Waals surface area contributed by atoms with Crippen LogP contribution < -0.4 is 10.6 Å². The number of hydrogen-bond donors (Lipinski definition) is 1. The highest BCUT2D eigenvalue weighted by molar-refractivity contribution is 5.39. The Hall–Kier alpha value is -2.60. The summed E-state index contributed by atoms with van der Waals surface area (Å²) in [6.07, 6.45) is 1.52. The fourth-order valence-corrected chi connectivity index (χ4v) is 1.68. The first-order chi connectivity index (χ1) is 9.33. The van der Waals surface area contributed by atoms with Crippen molar-refractivity contribution < 1.29 is 9.78 Å². The van der Waals surface area contributed by atoms with E-state index >= 15 is 0 Å². The molecule has 0 saturated carbocycles. The molecule has 0 radical (unpaired) electrons. The fourth-order valence-electron chi connectivity index (χ4n) is 1.68. The summed E-state index contributed by atoms with van der Waals surface area (Å²) < 4.78 is 1.35. The predicted molar refractivity (Wildman–Crippen MR) is 67.7 cm³/mol. The third kappa shape index (κ3) is 2.48. The van der Waals surface area contributed by atoms with Crippen molar-refractivity contribution in [2.45, 2.75) is 6.61 Å². The van der Waals surface area contributed by atoms with Crippen LogP contribution in [0.4, 0.5) is 0 Å². The average molecular weight is 257 g/mol. The zero-order valence-electron chi connectivity index (χ0n) is 9.95. The standard InChI is InChI=1S/C13H11N3O3/c17-13-15-14-12-7-6-11(8-16(12)13)19-18-9-10-4-2-1-3-5-10/h1-8H,9H2,(H,15,17). The average Bonchev–Trinajstić information content (AvgIpc) is 2.82. The summed E-state index contributed by atoms with van der Waals surface area (Å²) >= 11 is 0. The van der Waals surface area contributed by atoms with Crippen LogP contribution in [0.3, 0.4) is 0 Å². The second kappa shape index (κ2) is 4.95. The van der Waals surface area contributed by atoms with E-state index in [2.05, 4.69) is 10.2 Å². The van der Waals surface area contributed by atoms with Gasteiger partial charge < -0.3 is 4.89 Å². The molecule has 0 bridgehead atoms. The molecule has 0 aliphatic carbocycles. The van der Waals surface area contributed by atoms with Gasteiger partial charge in [0.2, 0.25) is 0 Å². The maximum absolute atomic E-state index is 11.4. The van der Waals surface area contributed by atoms with E-state index in [1.807, 2.05) is 30.3 Å². The zero-order valence-corrected chi connectivity index (χ0v) is 9.95. The van der Waals surface area contributed by atoms with Gasteiger partial charge in [0, 0.05) is 0 Å². The van der Waals surface area contributed by atoms with Gasteiger partial charge in [0.25, 0.3) is 0 Å². The van der Waals surface area contributed by atoms with Crippen LogP contribution in [0.15, 0.2) is 53.5 Å². The summed E-state index contributed by atoms with van der Waals surface area (Å²) in [5.74, 6) is 0.437. The maximum atomic E-state index is 11.4. The molecule has 96 valence electrons. The summed E-state index contributed by atoms with van der Waals surface area (Å²) in [4.78, 5) is 21.6. The molecule has 0 atom stereocenters. The van der Waals surface area contributed by atoms with E-state index in [1.54, 1.807) is 12.1 Å². The van der Waals surface area contributed by atoms with Gasteiger partial charge in [-0.3, -0.25) is 0 Å². The highest BCUT2D eigenvalue weighted by Crippen LogP contribution is 2.11. The van der Waals surface area contributed by atoms with Crippen LogP contribution >= 0.6 is 0 Å². The lowest BCUT2D eigenvalue weighted by molar-refractivity contribution is -0.217. The molecule has 0 aliphatic heterocycles. The van der Waals surface area contributed by atoms with E-state index < -0.39 is 0 Å². The van der Waals surface area contributed by atoms with Gasteiger partial charge >= 0.3 is 5.69 Å². The van der Waals surface area contributed by atoms with Crippen molar-refractivity contribution in [3.8, 4) is 5.75 Å². The molecule has 1 aromatic carbocycles. The minimum atomic E-state index is -0.316. The second-order valence-electron chi connectivity index (χ2n) is 3.95. The Kier molecular flexibility index (Phi) is 2.99. The Bertz CT molecular complexity index is 733. The van der Waals surface area contributed by atoms with Crippen molar-refractivity contribution in [3.05, 3.63) is 64.7 Å². The Balaban J connectivity index is 1.68. The Morgan fingerprint density at radius 1 is 1.16 bits per heavy atom. The number of nitrogens with one attached hydrogen (secondary N) is 1. The number of hydrogen-bond acceptors (Lipinski definition) is 4. The number of rotatable bonds is 4. The number of nitrogens with zero attached hydrogens (tertiary/aromatic N) is 2. The monoisotopic (exact) mass is 257 g/mol. The molecule has 19 heavy (non-hydrogen) atoms. The molecule has 1 N–H and O–H groups in total. The van der Waals surface area contributed by atoms with Crippen LogP contribution in [0, 0.1) is 0 Å². The SMILES string of the molecule is O=c1[nH]nc2ccc(OOCc3ccccc3)cn12. The number of fused-ring (bicyclic) bond motifs is 1. The van der Waals surface area contributed by atoms with Gasteiger partial charge in [0.15, 0.2) is 11.4 Å². The van der Waals surface area contributed by atoms with Crippen LogP contribution in [0.5, 0.6) is 5.75 Å². The van der Waals surface area contributed by atoms with Crippen LogP contribution in [-0.2, 0) is 11.5 Å². The first kappa shape index (κ1) is 11.5. The van der Waals surface area contributed by atoms with Gasteiger partial charge in [-0.1, -0.05) is 30.3 Å². The highest BCUT2D eigenvalue weighted by atomic mass is 17.2. The largest absolute Gasteiger partial charge is 0.347 e. The van der Waals surface area contributed by atoms with Crippen molar-refractivity contribution in [1.82, 2.24) is 14.6 Å². The molecule has 0 unspecified atom stereocenters. The lowest BCUT2D eigenvalue weighted by Crippen LogP contribution is -2.09. The molecule has 2 aromatic heterocycles. The van der Waals surface area contributed by atoms with Crippen LogP contribution in [0.1, 0.15) is 5.56 Å². The molecule has 0 spiro atoms. The molecule has 3 aromatic rings. The van der Waals surface area contributed by atoms with Gasteiger partial charge in [-0.15, -0.1) is 0 Å². The molecule has 6 nitrogen and oxygen atoms in total. The summed E-state index contributed by atoms with van der Waals surface area (Å²) in [5.41, 5.74) is 1.22. The summed E-state index contributed by atoms with van der Waals surface area (Å²) in [6, 6.07) is 13.0. The third-order valence-electron chi connectivity index (χ3n) is 2.61. The van der Waals surface area contributed by atoms with Gasteiger partial charge in [-0.25, -0.2) is 14.3 Å². The number of aromatic amines is 1. The van der Waals surface area contributed by atoms with E-state index in [1.165, 1.54) is 10.6 Å². The minimum Gasteiger partial charge on any atom is -0.336 e. The van der Waals surface area contributed by atoms with Crippen molar-refractivity contribution in [2.75, 3.05) is 0 Å². The Morgan fingerprint density at radius 3 is 2.84 bits per heavy atom. The molecule has 3 rings (SSSR count). The smallest absolute Gasteiger partial charge is 0.336 e. The number of benzene rings is 1. The Morgan fingerprint density at radius 2 is 2.00 bits per heavy atom. The second-order valence-corrected chi connectivity index (χ2v) is 3.95. The fraction of sp³-hybridized carbons (Fsp3) is 0.0769. The molecule has 0 fully saturated rings. The van der Waals surface area contributed by atoms with Crippen LogP contribution in [-0.4, -0.2) is 14.6 Å². The summed E-state index contributed by atoms with van der Waals surface area (Å²) in [5, 5.41) is 6.16. The highest BCUT2D eigenvalue weighted by Gasteiger charge is 2.02. The number of aromatic nitrogens is 3. The summed E-state index contributed by atoms with van der Waals surface area (Å²) in [6.45, 7) is 0.333. The van der Waals surface area contributed by atoms with Gasteiger partial charge in [-0.05, 0) is 17.7 Å². The van der Waals surface area contributed by atoms with Gasteiger partial charge in [-0.2, -0.15) is 9.99 Å². The van der Waals surface area contributed by atoms with E-state index in [-0.39, 0.29) is 5.69 Å². The topological polar surface area (TPSA) is 68.6 Å². The van der Waals surface area contributed by atoms with E-state index in [0.717, 1.165) is 5.56 Å². The molecule has 0 amide bonds. The normalized spacial score (nSPS) is 10.7. The molecule has 0 saturated heterocycles. The predicted octanol–water partition coefficient (Wildman–Crippen LogP) is 1.53. The molecule has 6 heteroatoms. The molecular formula is C13H11N3O3. The van der Waals surface area contributed by atoms with E-state index in [4.69, 9.17) is 9.78 Å². The summed E-state index contributed by atoms with van der Waals surface area (Å²) in [7, 11) is 0. The van der Waals surface area contributed by atoms with Crippen LogP contribution in [0.25, 0.3) is 5.65 Å². The lowest BCUT2D eigenvalue weighted by Gasteiger charge is -2.04. The maximum Gasteiger partial charge on any atom is 0.347 e. The van der Waals surface area contributed by atoms with E-state index in [9.17, 15) is 4.79 Å².